The second-order valence-electron chi connectivity index (χ2n) is 7.58. The van der Waals surface area contributed by atoms with Crippen LogP contribution in [0.2, 0.25) is 0 Å². The van der Waals surface area contributed by atoms with E-state index in [9.17, 15) is 29.4 Å². The number of hydrogen-bond donors (Lipinski definition) is 7. The molecule has 4 aromatic carbocycles. The summed E-state index contributed by atoms with van der Waals surface area (Å²) in [6.07, 6.45) is 0. The first-order valence-electron chi connectivity index (χ1n) is 11.1. The van der Waals surface area contributed by atoms with Crippen LogP contribution in [0.5, 0.6) is 23.0 Å². The lowest BCUT2D eigenvalue weighted by atomic mass is 10.1. The van der Waals surface area contributed by atoms with Gasteiger partial charge in [-0.1, -0.05) is 48.5 Å². The Labute approximate surface area is 222 Å². The summed E-state index contributed by atoms with van der Waals surface area (Å²) < 4.78 is 0. The molecule has 0 saturated carbocycles. The average molecular weight is 532 g/mol. The van der Waals surface area contributed by atoms with E-state index < -0.39 is 23.6 Å². The predicted octanol–water partition coefficient (Wildman–Crippen LogP) is 2.65. The molecule has 200 valence electrons. The lowest BCUT2D eigenvalue weighted by Crippen LogP contribution is -2.30. The smallest absolute Gasteiger partial charge is 0.261 e. The summed E-state index contributed by atoms with van der Waals surface area (Å²) in [7, 11) is 0. The van der Waals surface area contributed by atoms with Crippen LogP contribution in [0.3, 0.4) is 0 Å². The van der Waals surface area contributed by atoms with Crippen molar-refractivity contribution in [3.63, 3.8) is 0 Å². The Morgan fingerprint density at radius 3 is 0.872 bits per heavy atom. The Balaban J connectivity index is 0.000000225. The van der Waals surface area contributed by atoms with Crippen LogP contribution in [0.1, 0.15) is 41.4 Å². The number of nitrogens with one attached hydrogen (secondary N) is 1. The molecular formula is C28H25N3O8. The van der Waals surface area contributed by atoms with Crippen molar-refractivity contribution in [2.24, 2.45) is 11.5 Å². The summed E-state index contributed by atoms with van der Waals surface area (Å²) in [4.78, 5) is 44.5. The fourth-order valence-corrected chi connectivity index (χ4v) is 2.93. The summed E-state index contributed by atoms with van der Waals surface area (Å²) in [5, 5.41) is 39.1. The number of amides is 4. The zero-order chi connectivity index (χ0) is 28.9. The van der Waals surface area contributed by atoms with Crippen molar-refractivity contribution in [1.82, 2.24) is 5.32 Å². The van der Waals surface area contributed by atoms with E-state index in [-0.39, 0.29) is 45.3 Å². The number of carbonyl (C=O) groups is 4. The van der Waals surface area contributed by atoms with Crippen LogP contribution in [-0.4, -0.2) is 44.1 Å². The van der Waals surface area contributed by atoms with Crippen LogP contribution in [0.4, 0.5) is 0 Å². The average Bonchev–Trinajstić information content (AvgIpc) is 2.90. The molecule has 0 aliphatic heterocycles. The Morgan fingerprint density at radius 1 is 0.436 bits per heavy atom. The van der Waals surface area contributed by atoms with E-state index in [1.165, 1.54) is 48.5 Å². The number of para-hydroxylation sites is 4. The molecule has 0 aliphatic carbocycles. The van der Waals surface area contributed by atoms with Gasteiger partial charge >= 0.3 is 0 Å². The maximum Gasteiger partial charge on any atom is 0.261 e. The molecule has 0 bridgehead atoms. The molecule has 0 aliphatic rings. The topological polar surface area (TPSA) is 213 Å². The van der Waals surface area contributed by atoms with Crippen molar-refractivity contribution >= 4 is 23.6 Å². The van der Waals surface area contributed by atoms with Crippen LogP contribution in [-0.2, 0) is 0 Å². The van der Waals surface area contributed by atoms with Gasteiger partial charge in [0.25, 0.3) is 23.6 Å². The SMILES string of the molecule is NC(=O)c1ccccc1O.NC(=O)c1ccccc1O.O=C(NC(=O)c1ccccc1O)c1ccccc1O. The monoisotopic (exact) mass is 531 g/mol. The minimum atomic E-state index is -0.730. The van der Waals surface area contributed by atoms with Gasteiger partial charge in [-0.2, -0.15) is 0 Å². The zero-order valence-corrected chi connectivity index (χ0v) is 20.3. The van der Waals surface area contributed by atoms with Crippen LogP contribution >= 0.6 is 0 Å². The Bertz CT molecular complexity index is 1380. The Morgan fingerprint density at radius 2 is 0.667 bits per heavy atom. The Hall–Kier alpha value is -5.84. The third kappa shape index (κ3) is 8.65. The van der Waals surface area contributed by atoms with Gasteiger partial charge in [0.05, 0.1) is 22.3 Å². The summed E-state index contributed by atoms with van der Waals surface area (Å²) in [6, 6.07) is 24.1. The number of carbonyl (C=O) groups excluding carboxylic acids is 4. The van der Waals surface area contributed by atoms with Gasteiger partial charge in [-0.05, 0) is 48.5 Å². The van der Waals surface area contributed by atoms with E-state index in [4.69, 9.17) is 21.7 Å². The molecule has 0 saturated heterocycles. The molecule has 4 aromatic rings. The number of phenols is 4. The summed E-state index contributed by atoms with van der Waals surface area (Å²) >= 11 is 0. The van der Waals surface area contributed by atoms with E-state index in [1.54, 1.807) is 48.5 Å². The molecule has 9 N–H and O–H groups in total. The number of primary amides is 2. The van der Waals surface area contributed by atoms with Crippen molar-refractivity contribution in [2.75, 3.05) is 0 Å². The standard InChI is InChI=1S/C14H11NO4.2C7H7NO2/c16-11-7-3-1-5-9(11)13(18)15-14(19)10-6-2-4-8-12(10)17;2*8-7(10)5-3-1-2-4-6(5)9/h1-8,16-17H,(H,15,18,19);2*1-4,9H,(H2,8,10). The first-order chi connectivity index (χ1) is 18.5. The van der Waals surface area contributed by atoms with Gasteiger partial charge in [-0.25, -0.2) is 0 Å². The minimum Gasteiger partial charge on any atom is -0.507 e. The first-order valence-corrected chi connectivity index (χ1v) is 11.1. The number of rotatable bonds is 4. The lowest BCUT2D eigenvalue weighted by molar-refractivity contribution is 0.0845. The first kappa shape index (κ1) is 29.4. The van der Waals surface area contributed by atoms with Crippen molar-refractivity contribution in [3.8, 4) is 23.0 Å². The molecule has 0 radical (unpaired) electrons. The molecular weight excluding hydrogens is 506 g/mol. The van der Waals surface area contributed by atoms with Crippen molar-refractivity contribution < 1.29 is 39.6 Å². The molecule has 0 atom stereocenters. The van der Waals surface area contributed by atoms with Gasteiger partial charge < -0.3 is 31.9 Å². The quantitative estimate of drug-likeness (QED) is 0.194. The molecule has 39 heavy (non-hydrogen) atoms. The third-order valence-corrected chi connectivity index (χ3v) is 4.86. The van der Waals surface area contributed by atoms with Crippen LogP contribution in [0.15, 0.2) is 97.1 Å². The number of hydrogen-bond acceptors (Lipinski definition) is 8. The van der Waals surface area contributed by atoms with Crippen molar-refractivity contribution in [3.05, 3.63) is 119 Å². The highest BCUT2D eigenvalue weighted by Gasteiger charge is 2.16. The number of phenolic OH excluding ortho intramolecular Hbond substituents is 2. The fourth-order valence-electron chi connectivity index (χ4n) is 2.93. The zero-order valence-electron chi connectivity index (χ0n) is 20.3. The van der Waals surface area contributed by atoms with Gasteiger partial charge in [0, 0.05) is 0 Å². The fraction of sp³-hybridized carbons (Fsp3) is 0. The molecule has 0 unspecified atom stereocenters. The summed E-state index contributed by atoms with van der Waals surface area (Å²) in [5.74, 6) is -3.27. The van der Waals surface area contributed by atoms with Gasteiger partial charge in [-0.3, -0.25) is 24.5 Å². The normalized spacial score (nSPS) is 9.54. The van der Waals surface area contributed by atoms with Crippen LogP contribution < -0.4 is 16.8 Å². The van der Waals surface area contributed by atoms with E-state index in [2.05, 4.69) is 5.32 Å². The van der Waals surface area contributed by atoms with Crippen molar-refractivity contribution in [2.45, 2.75) is 0 Å². The molecule has 4 amide bonds. The molecule has 11 heteroatoms. The highest BCUT2D eigenvalue weighted by molar-refractivity contribution is 6.12. The van der Waals surface area contributed by atoms with E-state index in [1.807, 2.05) is 0 Å². The minimum absolute atomic E-state index is 0.00808. The molecule has 0 heterocycles. The van der Waals surface area contributed by atoms with E-state index >= 15 is 0 Å². The van der Waals surface area contributed by atoms with Crippen molar-refractivity contribution in [1.29, 1.82) is 0 Å². The second-order valence-corrected chi connectivity index (χ2v) is 7.58. The number of nitrogens with two attached hydrogens (primary N) is 2. The summed E-state index contributed by atoms with van der Waals surface area (Å²) in [5.41, 5.74) is 10.1. The molecule has 11 nitrogen and oxygen atoms in total. The second kappa shape index (κ2) is 14.0. The van der Waals surface area contributed by atoms with Crippen LogP contribution in [0.25, 0.3) is 0 Å². The largest absolute Gasteiger partial charge is 0.507 e. The third-order valence-electron chi connectivity index (χ3n) is 4.86. The predicted molar refractivity (Wildman–Crippen MR) is 141 cm³/mol. The Kier molecular flexibility index (Phi) is 10.6. The molecule has 0 spiro atoms. The molecule has 0 aromatic heterocycles. The van der Waals surface area contributed by atoms with Gasteiger partial charge in [0.1, 0.15) is 23.0 Å². The maximum atomic E-state index is 11.8. The molecule has 4 rings (SSSR count). The van der Waals surface area contributed by atoms with E-state index in [0.29, 0.717) is 0 Å². The van der Waals surface area contributed by atoms with Crippen LogP contribution in [0, 0.1) is 0 Å². The number of imide groups is 1. The maximum absolute atomic E-state index is 11.8. The molecule has 0 fully saturated rings. The highest BCUT2D eigenvalue weighted by Crippen LogP contribution is 2.18. The lowest BCUT2D eigenvalue weighted by Gasteiger charge is -2.06. The van der Waals surface area contributed by atoms with Gasteiger partial charge in [0.15, 0.2) is 0 Å². The van der Waals surface area contributed by atoms with Gasteiger partial charge in [0.2, 0.25) is 0 Å². The number of aromatic hydroxyl groups is 4. The van der Waals surface area contributed by atoms with Gasteiger partial charge in [-0.15, -0.1) is 0 Å². The summed E-state index contributed by atoms with van der Waals surface area (Å²) in [6.45, 7) is 0. The highest BCUT2D eigenvalue weighted by atomic mass is 16.3. The van der Waals surface area contributed by atoms with E-state index in [0.717, 1.165) is 0 Å². The number of benzene rings is 4.